The van der Waals surface area contributed by atoms with Gasteiger partial charge in [-0.1, -0.05) is 37.3 Å². The molecule has 1 heterocycles. The lowest BCUT2D eigenvalue weighted by Gasteiger charge is -2.33. The Bertz CT molecular complexity index is 837. The fraction of sp³-hybridized carbons (Fsp3) is 0.391. The zero-order valence-electron chi connectivity index (χ0n) is 17.5. The van der Waals surface area contributed by atoms with E-state index in [4.69, 9.17) is 12.2 Å². The van der Waals surface area contributed by atoms with E-state index >= 15 is 0 Å². The molecule has 5 nitrogen and oxygen atoms in total. The predicted octanol–water partition coefficient (Wildman–Crippen LogP) is 2.40. The van der Waals surface area contributed by atoms with E-state index in [1.165, 1.54) is 10.5 Å². The second-order valence-electron chi connectivity index (χ2n) is 7.71. The van der Waals surface area contributed by atoms with Crippen LogP contribution in [0.15, 0.2) is 42.5 Å². The summed E-state index contributed by atoms with van der Waals surface area (Å²) in [5.41, 5.74) is 5.48. The van der Waals surface area contributed by atoms with E-state index in [1.54, 1.807) is 0 Å². The van der Waals surface area contributed by atoms with Gasteiger partial charge in [-0.3, -0.25) is 4.79 Å². The molecular formula is C23H31N4OS+. The number of aryl methyl sites for hydroxylation is 3. The molecule has 6 heteroatoms. The number of quaternary nitrogens is 1. The Kier molecular flexibility index (Phi) is 7.23. The van der Waals surface area contributed by atoms with Gasteiger partial charge in [0.1, 0.15) is 0 Å². The molecule has 154 valence electrons. The summed E-state index contributed by atoms with van der Waals surface area (Å²) in [6.45, 7) is 10.2. The third-order valence-corrected chi connectivity index (χ3v) is 5.89. The van der Waals surface area contributed by atoms with Crippen LogP contribution >= 0.6 is 12.2 Å². The van der Waals surface area contributed by atoms with E-state index in [1.807, 2.05) is 32.0 Å². The van der Waals surface area contributed by atoms with Crippen LogP contribution in [0, 0.1) is 13.8 Å². The highest BCUT2D eigenvalue weighted by atomic mass is 32.1. The highest BCUT2D eigenvalue weighted by Gasteiger charge is 2.24. The molecule has 2 aromatic rings. The highest BCUT2D eigenvalue weighted by molar-refractivity contribution is 7.80. The van der Waals surface area contributed by atoms with Crippen LogP contribution in [0.3, 0.4) is 0 Å². The molecule has 3 rings (SSSR count). The van der Waals surface area contributed by atoms with Crippen molar-refractivity contribution in [2.24, 2.45) is 0 Å². The van der Waals surface area contributed by atoms with E-state index in [9.17, 15) is 4.79 Å². The number of para-hydroxylation sites is 1. The van der Waals surface area contributed by atoms with E-state index in [0.717, 1.165) is 60.2 Å². The van der Waals surface area contributed by atoms with Crippen molar-refractivity contribution in [1.29, 1.82) is 0 Å². The first kappa shape index (κ1) is 21.3. The van der Waals surface area contributed by atoms with Crippen molar-refractivity contribution in [3.05, 3.63) is 59.2 Å². The van der Waals surface area contributed by atoms with E-state index in [-0.39, 0.29) is 5.91 Å². The molecule has 0 saturated carbocycles. The molecule has 0 aliphatic carbocycles. The minimum Gasteiger partial charge on any atom is -0.338 e. The second-order valence-corrected chi connectivity index (χ2v) is 8.10. The molecule has 1 aliphatic rings. The molecular weight excluding hydrogens is 380 g/mol. The van der Waals surface area contributed by atoms with Crippen molar-refractivity contribution in [2.75, 3.05) is 43.4 Å². The number of thiocarbonyl (C=S) groups is 1. The largest absolute Gasteiger partial charge is 0.338 e. The Hall–Kier alpha value is -2.44. The normalized spacial score (nSPS) is 14.5. The second kappa shape index (κ2) is 9.85. The van der Waals surface area contributed by atoms with Crippen LogP contribution in [-0.2, 0) is 11.2 Å². The summed E-state index contributed by atoms with van der Waals surface area (Å²) >= 11 is 5.59. The molecule has 0 spiro atoms. The van der Waals surface area contributed by atoms with Crippen molar-refractivity contribution in [1.82, 2.24) is 4.90 Å². The average Bonchev–Trinajstić information content (AvgIpc) is 2.72. The first-order chi connectivity index (χ1) is 14.0. The maximum absolute atomic E-state index is 12.5. The standard InChI is InChI=1S/C23H30N4OS/c1-4-19-8-10-20(11-9-19)24-23(29)27-14-12-26(13-15-27)16-21(28)25-22-17(2)6-5-7-18(22)3/h5-11H,4,12-16H2,1-3H3,(H,24,29)(H,25,28)/p+1. The summed E-state index contributed by atoms with van der Waals surface area (Å²) in [6.07, 6.45) is 1.03. The number of hydrogen-bond acceptors (Lipinski definition) is 2. The Morgan fingerprint density at radius 3 is 2.24 bits per heavy atom. The molecule has 1 saturated heterocycles. The molecule has 1 amide bonds. The van der Waals surface area contributed by atoms with Crippen LogP contribution in [0.2, 0.25) is 0 Å². The fourth-order valence-electron chi connectivity index (χ4n) is 3.65. The predicted molar refractivity (Wildman–Crippen MR) is 124 cm³/mol. The van der Waals surface area contributed by atoms with Crippen LogP contribution in [-0.4, -0.2) is 48.6 Å². The minimum atomic E-state index is 0.0718. The van der Waals surface area contributed by atoms with E-state index < -0.39 is 0 Å². The van der Waals surface area contributed by atoms with Crippen molar-refractivity contribution in [3.8, 4) is 0 Å². The molecule has 29 heavy (non-hydrogen) atoms. The lowest BCUT2D eigenvalue weighted by molar-refractivity contribution is -0.895. The van der Waals surface area contributed by atoms with Gasteiger partial charge in [0.15, 0.2) is 11.7 Å². The first-order valence-electron chi connectivity index (χ1n) is 10.3. The van der Waals surface area contributed by atoms with Crippen molar-refractivity contribution < 1.29 is 9.69 Å². The lowest BCUT2D eigenvalue weighted by Crippen LogP contribution is -3.15. The first-order valence-corrected chi connectivity index (χ1v) is 10.7. The van der Waals surface area contributed by atoms with Gasteiger partial charge in [0, 0.05) is 11.4 Å². The third kappa shape index (κ3) is 5.78. The van der Waals surface area contributed by atoms with Gasteiger partial charge in [-0.25, -0.2) is 0 Å². The summed E-state index contributed by atoms with van der Waals surface area (Å²) < 4.78 is 0. The molecule has 0 atom stereocenters. The Balaban J connectivity index is 1.46. The number of hydrogen-bond donors (Lipinski definition) is 3. The zero-order chi connectivity index (χ0) is 20.8. The molecule has 0 aromatic heterocycles. The van der Waals surface area contributed by atoms with Crippen LogP contribution in [0.1, 0.15) is 23.6 Å². The number of rotatable bonds is 5. The third-order valence-electron chi connectivity index (χ3n) is 5.53. The van der Waals surface area contributed by atoms with Crippen molar-refractivity contribution in [3.63, 3.8) is 0 Å². The van der Waals surface area contributed by atoms with E-state index in [2.05, 4.69) is 46.7 Å². The summed E-state index contributed by atoms with van der Waals surface area (Å²) in [6, 6.07) is 14.5. The van der Waals surface area contributed by atoms with Gasteiger partial charge in [-0.2, -0.15) is 0 Å². The maximum atomic E-state index is 12.5. The van der Waals surface area contributed by atoms with Crippen molar-refractivity contribution in [2.45, 2.75) is 27.2 Å². The molecule has 0 unspecified atom stereocenters. The maximum Gasteiger partial charge on any atom is 0.279 e. The average molecular weight is 412 g/mol. The van der Waals surface area contributed by atoms with Crippen molar-refractivity contribution >= 4 is 34.6 Å². The van der Waals surface area contributed by atoms with Crippen LogP contribution in [0.4, 0.5) is 11.4 Å². The Morgan fingerprint density at radius 1 is 1.03 bits per heavy atom. The Labute approximate surface area is 179 Å². The zero-order valence-corrected chi connectivity index (χ0v) is 18.4. The Morgan fingerprint density at radius 2 is 1.66 bits per heavy atom. The fourth-order valence-corrected chi connectivity index (χ4v) is 3.95. The van der Waals surface area contributed by atoms with Gasteiger partial charge in [0.25, 0.3) is 5.91 Å². The van der Waals surface area contributed by atoms with Gasteiger partial charge in [0.05, 0.1) is 26.2 Å². The number of nitrogens with zero attached hydrogens (tertiary/aromatic N) is 1. The minimum absolute atomic E-state index is 0.0718. The van der Waals surface area contributed by atoms with Crippen LogP contribution in [0.25, 0.3) is 0 Å². The highest BCUT2D eigenvalue weighted by Crippen LogP contribution is 2.19. The molecule has 2 aromatic carbocycles. The smallest absolute Gasteiger partial charge is 0.279 e. The summed E-state index contributed by atoms with van der Waals surface area (Å²) in [7, 11) is 0. The number of benzene rings is 2. The topological polar surface area (TPSA) is 48.8 Å². The quantitative estimate of drug-likeness (QED) is 0.662. The van der Waals surface area contributed by atoms with Gasteiger partial charge in [-0.05, 0) is 61.3 Å². The number of anilines is 2. The number of amides is 1. The summed E-state index contributed by atoms with van der Waals surface area (Å²) in [5, 5.41) is 7.18. The van der Waals surface area contributed by atoms with Crippen LogP contribution < -0.4 is 15.5 Å². The monoisotopic (exact) mass is 411 g/mol. The molecule has 1 aliphatic heterocycles. The lowest BCUT2D eigenvalue weighted by atomic mass is 10.1. The number of nitrogens with one attached hydrogen (secondary N) is 3. The van der Waals surface area contributed by atoms with Gasteiger partial charge in [0.2, 0.25) is 0 Å². The van der Waals surface area contributed by atoms with Gasteiger partial charge >= 0.3 is 0 Å². The SMILES string of the molecule is CCc1ccc(NC(=S)N2CC[NH+](CC(=O)Nc3c(C)cccc3C)CC2)cc1. The van der Waals surface area contributed by atoms with E-state index in [0.29, 0.717) is 6.54 Å². The molecule has 1 fully saturated rings. The number of piperazine rings is 1. The molecule has 3 N–H and O–H groups in total. The number of carbonyl (C=O) groups is 1. The molecule has 0 bridgehead atoms. The number of carbonyl (C=O) groups excluding carboxylic acids is 1. The summed E-state index contributed by atoms with van der Waals surface area (Å²) in [4.78, 5) is 16.0. The van der Waals surface area contributed by atoms with Gasteiger partial charge < -0.3 is 20.4 Å². The van der Waals surface area contributed by atoms with Gasteiger partial charge in [-0.15, -0.1) is 0 Å². The summed E-state index contributed by atoms with van der Waals surface area (Å²) in [5.74, 6) is 0.0718. The van der Waals surface area contributed by atoms with Crippen LogP contribution in [0.5, 0.6) is 0 Å². The molecule has 0 radical (unpaired) electrons.